The van der Waals surface area contributed by atoms with Crippen LogP contribution >= 0.6 is 0 Å². The van der Waals surface area contributed by atoms with Gasteiger partial charge in [0.1, 0.15) is 5.83 Å². The lowest BCUT2D eigenvalue weighted by Crippen LogP contribution is -1.99. The number of carbonyl (C=O) groups excluding carboxylic acids is 1. The smallest absolute Gasteiger partial charge is 0.182 e. The first-order valence-corrected chi connectivity index (χ1v) is 4.70. The quantitative estimate of drug-likeness (QED) is 0.626. The Morgan fingerprint density at radius 2 is 1.73 bits per heavy atom. The molecule has 0 amide bonds. The molecule has 0 aromatic heterocycles. The van der Waals surface area contributed by atoms with Crippen molar-refractivity contribution in [3.05, 3.63) is 58.9 Å². The van der Waals surface area contributed by atoms with Crippen LogP contribution in [-0.4, -0.2) is 5.78 Å². The summed E-state index contributed by atoms with van der Waals surface area (Å²) in [5, 5.41) is 0. The van der Waals surface area contributed by atoms with Crippen molar-refractivity contribution in [3.8, 4) is 0 Å². The highest BCUT2D eigenvalue weighted by molar-refractivity contribution is 6.14. The molecule has 1 aromatic carbocycles. The summed E-state index contributed by atoms with van der Waals surface area (Å²) in [5.41, 5.74) is 3.13. The Balaban J connectivity index is 2.28. The van der Waals surface area contributed by atoms with Gasteiger partial charge in [0.2, 0.25) is 0 Å². The lowest BCUT2D eigenvalue weighted by atomic mass is 9.97. The molecule has 72 valence electrons. The average molecular weight is 198 g/mol. The van der Waals surface area contributed by atoms with E-state index in [1.54, 1.807) is 6.08 Å². The average Bonchev–Trinajstić information content (AvgIpc) is 2.57. The molecule has 1 nitrogen and oxygen atoms in total. The molecule has 0 heterocycles. The topological polar surface area (TPSA) is 17.1 Å². The molecule has 0 fully saturated rings. The third-order valence-electron chi connectivity index (χ3n) is 2.65. The zero-order valence-electron chi connectivity index (χ0n) is 7.83. The van der Waals surface area contributed by atoms with E-state index in [1.807, 2.05) is 24.3 Å². The van der Waals surface area contributed by atoms with Crippen molar-refractivity contribution in [1.29, 1.82) is 0 Å². The van der Waals surface area contributed by atoms with Crippen LogP contribution in [0.25, 0.3) is 11.6 Å². The Hall–Kier alpha value is -1.96. The molecule has 0 radical (unpaired) electrons. The van der Waals surface area contributed by atoms with E-state index in [0.717, 1.165) is 17.2 Å². The Kier molecular flexibility index (Phi) is 1.54. The van der Waals surface area contributed by atoms with Gasteiger partial charge in [0, 0.05) is 11.6 Å². The Bertz CT molecular complexity index is 562. The maximum absolute atomic E-state index is 13.5. The van der Waals surface area contributed by atoms with Crippen LogP contribution in [0.4, 0.5) is 4.39 Å². The second kappa shape index (κ2) is 2.76. The molecule has 0 bridgehead atoms. The second-order valence-corrected chi connectivity index (χ2v) is 3.60. The van der Waals surface area contributed by atoms with Gasteiger partial charge in [-0.3, -0.25) is 4.79 Å². The number of allylic oxidation sites excluding steroid dienone is 5. The molecule has 0 unspecified atom stereocenters. The van der Waals surface area contributed by atoms with Gasteiger partial charge in [-0.05, 0) is 28.9 Å². The van der Waals surface area contributed by atoms with Crippen LogP contribution in [-0.2, 0) is 4.79 Å². The highest BCUT2D eigenvalue weighted by Crippen LogP contribution is 2.41. The molecule has 15 heavy (non-hydrogen) atoms. The van der Waals surface area contributed by atoms with Crippen LogP contribution in [0.2, 0.25) is 0 Å². The molecule has 2 aliphatic carbocycles. The minimum atomic E-state index is -0.436. The fourth-order valence-corrected chi connectivity index (χ4v) is 1.99. The molecule has 0 saturated heterocycles. The number of hydrogen-bond acceptors (Lipinski definition) is 1. The predicted octanol–water partition coefficient (Wildman–Crippen LogP) is 2.90. The van der Waals surface area contributed by atoms with Crippen molar-refractivity contribution in [2.24, 2.45) is 0 Å². The van der Waals surface area contributed by atoms with Gasteiger partial charge in [-0.2, -0.15) is 0 Å². The first kappa shape index (κ1) is 8.36. The van der Waals surface area contributed by atoms with E-state index in [0.29, 0.717) is 11.1 Å². The summed E-state index contributed by atoms with van der Waals surface area (Å²) in [5.74, 6) is -0.718. The fraction of sp³-hybridized carbons (Fsp3) is 0. The number of rotatable bonds is 0. The lowest BCUT2D eigenvalue weighted by molar-refractivity contribution is -0.110. The normalized spacial score (nSPS) is 17.7. The molecular formula is C13H7FO. The summed E-state index contributed by atoms with van der Waals surface area (Å²) in [6.45, 7) is 0. The Morgan fingerprint density at radius 3 is 2.60 bits per heavy atom. The largest absolute Gasteiger partial charge is 0.290 e. The summed E-state index contributed by atoms with van der Waals surface area (Å²) >= 11 is 0. The molecule has 0 N–H and O–H groups in total. The third kappa shape index (κ3) is 1.11. The van der Waals surface area contributed by atoms with Crippen LogP contribution in [0.1, 0.15) is 11.1 Å². The first-order chi connectivity index (χ1) is 7.25. The van der Waals surface area contributed by atoms with E-state index in [4.69, 9.17) is 0 Å². The minimum Gasteiger partial charge on any atom is -0.290 e. The number of carbonyl (C=O) groups is 1. The van der Waals surface area contributed by atoms with E-state index in [2.05, 4.69) is 0 Å². The third-order valence-corrected chi connectivity index (χ3v) is 2.65. The van der Waals surface area contributed by atoms with Crippen LogP contribution < -0.4 is 0 Å². The summed E-state index contributed by atoms with van der Waals surface area (Å²) < 4.78 is 13.5. The van der Waals surface area contributed by atoms with Crippen LogP contribution in [0.5, 0.6) is 0 Å². The van der Waals surface area contributed by atoms with Crippen LogP contribution in [0, 0.1) is 0 Å². The van der Waals surface area contributed by atoms with Crippen molar-refractivity contribution >= 4 is 17.4 Å². The van der Waals surface area contributed by atoms with Crippen molar-refractivity contribution in [2.45, 2.75) is 0 Å². The summed E-state index contributed by atoms with van der Waals surface area (Å²) in [7, 11) is 0. The van der Waals surface area contributed by atoms with Crippen molar-refractivity contribution in [1.82, 2.24) is 0 Å². The van der Waals surface area contributed by atoms with E-state index in [9.17, 15) is 9.18 Å². The standard InChI is InChI=1S/C13H7FO/c14-13-7-9(15)6-11-10-4-2-1-3-8(10)5-12(11)13/h1-7H. The highest BCUT2D eigenvalue weighted by Gasteiger charge is 2.25. The van der Waals surface area contributed by atoms with Gasteiger partial charge in [-0.1, -0.05) is 24.3 Å². The van der Waals surface area contributed by atoms with Gasteiger partial charge in [0.15, 0.2) is 5.78 Å². The molecular weight excluding hydrogens is 191 g/mol. The molecule has 0 atom stereocenters. The van der Waals surface area contributed by atoms with Gasteiger partial charge in [-0.25, -0.2) is 4.39 Å². The number of hydrogen-bond donors (Lipinski definition) is 0. The molecule has 2 heteroatoms. The van der Waals surface area contributed by atoms with Crippen molar-refractivity contribution < 1.29 is 9.18 Å². The number of halogens is 1. The monoisotopic (exact) mass is 198 g/mol. The zero-order chi connectivity index (χ0) is 10.4. The van der Waals surface area contributed by atoms with Crippen LogP contribution in [0.3, 0.4) is 0 Å². The van der Waals surface area contributed by atoms with E-state index in [-0.39, 0.29) is 5.78 Å². The summed E-state index contributed by atoms with van der Waals surface area (Å²) in [6.07, 6.45) is 4.29. The molecule has 2 aliphatic rings. The maximum Gasteiger partial charge on any atom is 0.182 e. The van der Waals surface area contributed by atoms with E-state index in [1.165, 1.54) is 6.08 Å². The van der Waals surface area contributed by atoms with E-state index >= 15 is 0 Å². The van der Waals surface area contributed by atoms with Gasteiger partial charge < -0.3 is 0 Å². The number of benzene rings is 1. The van der Waals surface area contributed by atoms with Gasteiger partial charge in [0.05, 0.1) is 0 Å². The molecule has 0 spiro atoms. The molecule has 0 aliphatic heterocycles. The van der Waals surface area contributed by atoms with Gasteiger partial charge in [0.25, 0.3) is 0 Å². The summed E-state index contributed by atoms with van der Waals surface area (Å²) in [6, 6.07) is 7.60. The fourth-order valence-electron chi connectivity index (χ4n) is 1.99. The number of ketones is 1. The maximum atomic E-state index is 13.5. The van der Waals surface area contributed by atoms with Crippen molar-refractivity contribution in [2.75, 3.05) is 0 Å². The second-order valence-electron chi connectivity index (χ2n) is 3.60. The molecule has 0 saturated carbocycles. The first-order valence-electron chi connectivity index (χ1n) is 4.70. The van der Waals surface area contributed by atoms with Crippen molar-refractivity contribution in [3.63, 3.8) is 0 Å². The van der Waals surface area contributed by atoms with Gasteiger partial charge >= 0.3 is 0 Å². The Morgan fingerprint density at radius 1 is 0.933 bits per heavy atom. The highest BCUT2D eigenvalue weighted by atomic mass is 19.1. The SMILES string of the molecule is O=C1C=C(F)C2=Cc3ccccc3C2=C1. The minimum absolute atomic E-state index is 0.281. The van der Waals surface area contributed by atoms with E-state index < -0.39 is 5.83 Å². The van der Waals surface area contributed by atoms with Crippen LogP contribution in [0.15, 0.2) is 47.8 Å². The van der Waals surface area contributed by atoms with Gasteiger partial charge in [-0.15, -0.1) is 0 Å². The predicted molar refractivity (Wildman–Crippen MR) is 56.6 cm³/mol. The summed E-state index contributed by atoms with van der Waals surface area (Å²) in [4.78, 5) is 11.2. The molecule has 3 rings (SSSR count). The molecule has 1 aromatic rings. The number of fused-ring (bicyclic) bond motifs is 3. The zero-order valence-corrected chi connectivity index (χ0v) is 7.83. The Labute approximate surface area is 86.2 Å². The lowest BCUT2D eigenvalue weighted by Gasteiger charge is -2.08.